The van der Waals surface area contributed by atoms with Crippen LogP contribution in [0.1, 0.15) is 35.6 Å². The molecule has 3 nitrogen and oxygen atoms in total. The number of nitrogens with zero attached hydrogens (tertiary/aromatic N) is 1. The standard InChI is InChI=1S/C28H29F2NO2/c29-25-10-6-23(7-11-25)27(24-8-12-26(30)13-9-24)33-19-18-31-16-14-28(21-32,15-17-31)20-22-4-2-1-3-5-22/h1-13,21,27H,14-20H2. The molecule has 0 amide bonds. The van der Waals surface area contributed by atoms with Gasteiger partial charge in [0.25, 0.3) is 0 Å². The second-order valence-corrected chi connectivity index (χ2v) is 8.84. The smallest absolute Gasteiger partial charge is 0.126 e. The predicted octanol–water partition coefficient (Wildman–Crippen LogP) is 5.59. The van der Waals surface area contributed by atoms with Gasteiger partial charge in [-0.05, 0) is 73.3 Å². The molecule has 1 saturated heterocycles. The average molecular weight is 450 g/mol. The molecule has 0 spiro atoms. The molecule has 0 saturated carbocycles. The molecule has 4 rings (SSSR count). The minimum absolute atomic E-state index is 0.302. The number of benzene rings is 3. The predicted molar refractivity (Wildman–Crippen MR) is 125 cm³/mol. The molecule has 0 aliphatic carbocycles. The molecule has 1 aliphatic rings. The van der Waals surface area contributed by atoms with Gasteiger partial charge in [-0.1, -0.05) is 54.6 Å². The lowest BCUT2D eigenvalue weighted by atomic mass is 9.75. The van der Waals surface area contributed by atoms with Gasteiger partial charge < -0.3 is 14.4 Å². The minimum atomic E-state index is -0.400. The average Bonchev–Trinajstić information content (AvgIpc) is 2.85. The van der Waals surface area contributed by atoms with Crippen molar-refractivity contribution in [2.75, 3.05) is 26.2 Å². The number of carbonyl (C=O) groups is 1. The van der Waals surface area contributed by atoms with Crippen LogP contribution in [0.4, 0.5) is 8.78 Å². The fraction of sp³-hybridized carbons (Fsp3) is 0.321. The van der Waals surface area contributed by atoms with Gasteiger partial charge in [-0.3, -0.25) is 0 Å². The third-order valence-electron chi connectivity index (χ3n) is 6.54. The number of halogens is 2. The third-order valence-corrected chi connectivity index (χ3v) is 6.54. The Kier molecular flexibility index (Phi) is 7.63. The molecule has 33 heavy (non-hydrogen) atoms. The zero-order valence-electron chi connectivity index (χ0n) is 18.6. The van der Waals surface area contributed by atoms with E-state index in [9.17, 15) is 13.6 Å². The van der Waals surface area contributed by atoms with Gasteiger partial charge in [-0.15, -0.1) is 0 Å². The lowest BCUT2D eigenvalue weighted by Gasteiger charge is -2.38. The fourth-order valence-electron chi connectivity index (χ4n) is 4.52. The number of likely N-dealkylation sites (tertiary alicyclic amines) is 1. The maximum Gasteiger partial charge on any atom is 0.126 e. The first kappa shape index (κ1) is 23.3. The summed E-state index contributed by atoms with van der Waals surface area (Å²) in [5, 5.41) is 0. The minimum Gasteiger partial charge on any atom is -0.367 e. The first-order chi connectivity index (χ1) is 16.1. The Morgan fingerprint density at radius 1 is 0.848 bits per heavy atom. The first-order valence-electron chi connectivity index (χ1n) is 11.4. The van der Waals surface area contributed by atoms with E-state index in [1.807, 2.05) is 18.2 Å². The Bertz CT molecular complexity index is 969. The van der Waals surface area contributed by atoms with E-state index >= 15 is 0 Å². The summed E-state index contributed by atoms with van der Waals surface area (Å²) >= 11 is 0. The van der Waals surface area contributed by atoms with Gasteiger partial charge in [-0.25, -0.2) is 8.78 Å². The van der Waals surface area contributed by atoms with Gasteiger partial charge in [0.1, 0.15) is 24.0 Å². The highest BCUT2D eigenvalue weighted by Gasteiger charge is 2.34. The zero-order chi connectivity index (χ0) is 23.1. The first-order valence-corrected chi connectivity index (χ1v) is 11.4. The van der Waals surface area contributed by atoms with Crippen LogP contribution in [-0.2, 0) is 16.0 Å². The maximum absolute atomic E-state index is 13.4. The van der Waals surface area contributed by atoms with Crippen molar-refractivity contribution in [1.82, 2.24) is 4.90 Å². The van der Waals surface area contributed by atoms with Gasteiger partial charge >= 0.3 is 0 Å². The molecule has 172 valence electrons. The van der Waals surface area contributed by atoms with Crippen LogP contribution in [0.5, 0.6) is 0 Å². The van der Waals surface area contributed by atoms with Crippen LogP contribution >= 0.6 is 0 Å². The maximum atomic E-state index is 13.4. The van der Waals surface area contributed by atoms with Crippen LogP contribution in [0.3, 0.4) is 0 Å². The van der Waals surface area contributed by atoms with E-state index in [-0.39, 0.29) is 17.0 Å². The molecule has 1 fully saturated rings. The number of piperidine rings is 1. The van der Waals surface area contributed by atoms with Gasteiger partial charge in [0.2, 0.25) is 0 Å². The van der Waals surface area contributed by atoms with Crippen molar-refractivity contribution in [3.05, 3.63) is 107 Å². The van der Waals surface area contributed by atoms with E-state index in [0.29, 0.717) is 6.61 Å². The summed E-state index contributed by atoms with van der Waals surface area (Å²) in [6.45, 7) is 2.89. The monoisotopic (exact) mass is 449 g/mol. The molecule has 0 bridgehead atoms. The SMILES string of the molecule is O=CC1(Cc2ccccc2)CCN(CCOC(c2ccc(F)cc2)c2ccc(F)cc2)CC1. The highest BCUT2D eigenvalue weighted by atomic mass is 19.1. The summed E-state index contributed by atoms with van der Waals surface area (Å²) in [6, 6.07) is 22.6. The van der Waals surface area contributed by atoms with E-state index in [2.05, 4.69) is 17.0 Å². The molecule has 3 aromatic rings. The lowest BCUT2D eigenvalue weighted by Crippen LogP contribution is -2.43. The molecule has 0 N–H and O–H groups in total. The summed E-state index contributed by atoms with van der Waals surface area (Å²) in [4.78, 5) is 14.3. The fourth-order valence-corrected chi connectivity index (χ4v) is 4.52. The quantitative estimate of drug-likeness (QED) is 0.399. The van der Waals surface area contributed by atoms with Crippen molar-refractivity contribution in [3.63, 3.8) is 0 Å². The number of hydrogen-bond acceptors (Lipinski definition) is 3. The van der Waals surface area contributed by atoms with E-state index in [0.717, 1.165) is 56.3 Å². The Balaban J connectivity index is 1.34. The van der Waals surface area contributed by atoms with Crippen molar-refractivity contribution in [2.24, 2.45) is 5.41 Å². The van der Waals surface area contributed by atoms with Crippen molar-refractivity contribution in [1.29, 1.82) is 0 Å². The summed E-state index contributed by atoms with van der Waals surface area (Å²) in [6.07, 6.45) is 3.17. The number of ether oxygens (including phenoxy) is 1. The van der Waals surface area contributed by atoms with E-state index in [4.69, 9.17) is 4.74 Å². The second-order valence-electron chi connectivity index (χ2n) is 8.84. The molecular formula is C28H29F2NO2. The number of rotatable bonds is 9. The van der Waals surface area contributed by atoms with Gasteiger partial charge in [-0.2, -0.15) is 0 Å². The molecular weight excluding hydrogens is 420 g/mol. The molecule has 0 unspecified atom stereocenters. The van der Waals surface area contributed by atoms with E-state index in [1.165, 1.54) is 29.8 Å². The number of hydrogen-bond donors (Lipinski definition) is 0. The topological polar surface area (TPSA) is 29.5 Å². The van der Waals surface area contributed by atoms with Crippen LogP contribution < -0.4 is 0 Å². The van der Waals surface area contributed by atoms with E-state index in [1.54, 1.807) is 24.3 Å². The van der Waals surface area contributed by atoms with Crippen molar-refractivity contribution >= 4 is 6.29 Å². The Morgan fingerprint density at radius 2 is 1.39 bits per heavy atom. The van der Waals surface area contributed by atoms with Crippen LogP contribution in [-0.4, -0.2) is 37.4 Å². The summed E-state index contributed by atoms with van der Waals surface area (Å²) < 4.78 is 33.0. The molecule has 5 heteroatoms. The molecule has 3 aromatic carbocycles. The number of carbonyl (C=O) groups excluding carboxylic acids is 1. The van der Waals surface area contributed by atoms with Crippen LogP contribution in [0.15, 0.2) is 78.9 Å². The van der Waals surface area contributed by atoms with Crippen LogP contribution in [0.25, 0.3) is 0 Å². The second kappa shape index (κ2) is 10.8. The van der Waals surface area contributed by atoms with Gasteiger partial charge in [0.15, 0.2) is 0 Å². The molecule has 1 aliphatic heterocycles. The molecule has 1 heterocycles. The largest absolute Gasteiger partial charge is 0.367 e. The Hall–Kier alpha value is -2.89. The van der Waals surface area contributed by atoms with Crippen LogP contribution in [0, 0.1) is 17.0 Å². The van der Waals surface area contributed by atoms with Crippen LogP contribution in [0.2, 0.25) is 0 Å². The summed E-state index contributed by atoms with van der Waals surface area (Å²) in [5.41, 5.74) is 2.54. The zero-order valence-corrected chi connectivity index (χ0v) is 18.6. The molecule has 0 radical (unpaired) electrons. The lowest BCUT2D eigenvalue weighted by molar-refractivity contribution is -0.118. The summed E-state index contributed by atoms with van der Waals surface area (Å²) in [5.74, 6) is -0.613. The molecule has 0 aromatic heterocycles. The van der Waals surface area contributed by atoms with Crippen molar-refractivity contribution < 1.29 is 18.3 Å². The summed E-state index contributed by atoms with van der Waals surface area (Å²) in [7, 11) is 0. The number of aldehydes is 1. The Labute approximate surface area is 194 Å². The van der Waals surface area contributed by atoms with Crippen molar-refractivity contribution in [2.45, 2.75) is 25.4 Å². The molecule has 0 atom stereocenters. The van der Waals surface area contributed by atoms with Gasteiger partial charge in [0.05, 0.1) is 6.61 Å². The Morgan fingerprint density at radius 3 is 1.91 bits per heavy atom. The highest BCUT2D eigenvalue weighted by Crippen LogP contribution is 2.33. The third kappa shape index (κ3) is 6.12. The van der Waals surface area contributed by atoms with E-state index < -0.39 is 6.10 Å². The normalized spacial score (nSPS) is 16.1. The van der Waals surface area contributed by atoms with Crippen molar-refractivity contribution in [3.8, 4) is 0 Å². The highest BCUT2D eigenvalue weighted by molar-refractivity contribution is 5.60. The van der Waals surface area contributed by atoms with Gasteiger partial charge in [0, 0.05) is 12.0 Å².